The zero-order valence-electron chi connectivity index (χ0n) is 12.2. The molecule has 0 radical (unpaired) electrons. The number of aromatic nitrogens is 2. The van der Waals surface area contributed by atoms with Crippen molar-refractivity contribution in [3.05, 3.63) is 35.1 Å². The van der Waals surface area contributed by atoms with Crippen LogP contribution in [0.25, 0.3) is 10.2 Å². The largest absolute Gasteiger partial charge is 0.346 e. The fourth-order valence-corrected chi connectivity index (χ4v) is 4.12. The van der Waals surface area contributed by atoms with Crippen molar-refractivity contribution in [3.63, 3.8) is 0 Å². The second-order valence-electron chi connectivity index (χ2n) is 5.48. The van der Waals surface area contributed by atoms with Crippen LogP contribution in [0.5, 0.6) is 0 Å². The van der Waals surface area contributed by atoms with Crippen molar-refractivity contribution in [1.82, 2.24) is 9.97 Å². The zero-order chi connectivity index (χ0) is 16.0. The number of rotatable bonds is 3. The third kappa shape index (κ3) is 2.79. The molecule has 0 spiro atoms. The van der Waals surface area contributed by atoms with Crippen molar-refractivity contribution < 1.29 is 9.18 Å². The van der Waals surface area contributed by atoms with E-state index in [1.54, 1.807) is 12.3 Å². The van der Waals surface area contributed by atoms with Crippen LogP contribution in [0.4, 0.5) is 14.7 Å². The lowest BCUT2D eigenvalue weighted by atomic mass is 10.0. The number of carbonyl (C=O) groups is 1. The summed E-state index contributed by atoms with van der Waals surface area (Å²) in [6.45, 7) is 3.20. The highest BCUT2D eigenvalue weighted by Crippen LogP contribution is 2.33. The number of nitrogens with zero attached hydrogens (tertiary/aromatic N) is 3. The summed E-state index contributed by atoms with van der Waals surface area (Å²) in [5.41, 5.74) is 0.789. The Morgan fingerprint density at radius 3 is 2.96 bits per heavy atom. The van der Waals surface area contributed by atoms with E-state index in [1.807, 2.05) is 11.8 Å². The van der Waals surface area contributed by atoms with Gasteiger partial charge < -0.3 is 10.2 Å². The number of benzene rings is 1. The summed E-state index contributed by atoms with van der Waals surface area (Å²) in [5, 5.41) is 4.32. The van der Waals surface area contributed by atoms with Crippen LogP contribution < -0.4 is 10.2 Å². The van der Waals surface area contributed by atoms with Crippen LogP contribution in [0.1, 0.15) is 4.88 Å². The Morgan fingerprint density at radius 1 is 1.39 bits per heavy atom. The number of carbonyl (C=O) groups excluding carboxylic acids is 1. The van der Waals surface area contributed by atoms with E-state index < -0.39 is 0 Å². The van der Waals surface area contributed by atoms with Gasteiger partial charge >= 0.3 is 0 Å². The van der Waals surface area contributed by atoms with E-state index in [1.165, 1.54) is 34.8 Å². The smallest absolute Gasteiger partial charge is 0.232 e. The Labute approximate surface area is 139 Å². The van der Waals surface area contributed by atoms with E-state index in [9.17, 15) is 9.18 Å². The minimum Gasteiger partial charge on any atom is -0.346 e. The number of hydrogen-bond acceptors (Lipinski definition) is 6. The van der Waals surface area contributed by atoms with E-state index in [-0.39, 0.29) is 17.6 Å². The molecule has 5 nitrogen and oxygen atoms in total. The predicted molar refractivity (Wildman–Crippen MR) is 90.8 cm³/mol. The van der Waals surface area contributed by atoms with Crippen LogP contribution in [0.3, 0.4) is 0 Å². The monoisotopic (exact) mass is 348 g/mol. The summed E-state index contributed by atoms with van der Waals surface area (Å²) in [7, 11) is 0. The number of thiazole rings is 2. The van der Waals surface area contributed by atoms with Gasteiger partial charge in [-0.05, 0) is 25.1 Å². The molecule has 3 heterocycles. The van der Waals surface area contributed by atoms with Gasteiger partial charge in [-0.25, -0.2) is 14.4 Å². The van der Waals surface area contributed by atoms with Crippen LogP contribution in [0.15, 0.2) is 24.4 Å². The SMILES string of the molecule is Cc1cnc(NC(=O)C2CN(c3nc4ccc(F)cc4s3)C2)s1. The minimum atomic E-state index is -0.257. The molecule has 1 N–H and O–H groups in total. The fraction of sp³-hybridized carbons (Fsp3) is 0.267. The highest BCUT2D eigenvalue weighted by atomic mass is 32.1. The average molecular weight is 348 g/mol. The number of aryl methyl sites for hydroxylation is 1. The van der Waals surface area contributed by atoms with Gasteiger partial charge in [0, 0.05) is 24.2 Å². The Kier molecular flexibility index (Phi) is 3.50. The fourth-order valence-electron chi connectivity index (χ4n) is 2.44. The van der Waals surface area contributed by atoms with E-state index in [4.69, 9.17) is 0 Å². The lowest BCUT2D eigenvalue weighted by Gasteiger charge is -2.37. The molecule has 2 aromatic heterocycles. The third-order valence-corrected chi connectivity index (χ3v) is 5.62. The van der Waals surface area contributed by atoms with Gasteiger partial charge in [0.05, 0.1) is 16.1 Å². The van der Waals surface area contributed by atoms with Gasteiger partial charge in [-0.15, -0.1) is 11.3 Å². The Hall–Kier alpha value is -2.06. The molecule has 3 aromatic rings. The molecular weight excluding hydrogens is 335 g/mol. The molecule has 1 aliphatic heterocycles. The quantitative estimate of drug-likeness (QED) is 0.789. The molecular formula is C15H13FN4OS2. The highest BCUT2D eigenvalue weighted by molar-refractivity contribution is 7.22. The van der Waals surface area contributed by atoms with E-state index in [0.717, 1.165) is 20.2 Å². The van der Waals surface area contributed by atoms with Crippen LogP contribution in [0, 0.1) is 18.7 Å². The molecule has 23 heavy (non-hydrogen) atoms. The number of nitrogens with one attached hydrogen (secondary N) is 1. The summed E-state index contributed by atoms with van der Waals surface area (Å²) < 4.78 is 14.1. The molecule has 118 valence electrons. The first-order valence-electron chi connectivity index (χ1n) is 7.13. The van der Waals surface area contributed by atoms with E-state index in [2.05, 4.69) is 15.3 Å². The third-order valence-electron chi connectivity index (χ3n) is 3.71. The summed E-state index contributed by atoms with van der Waals surface area (Å²) >= 11 is 2.92. The van der Waals surface area contributed by atoms with Crippen molar-refractivity contribution in [2.75, 3.05) is 23.3 Å². The first kappa shape index (κ1) is 14.5. The standard InChI is InChI=1S/C15H13FN4OS2/c1-8-5-17-14(22-8)19-13(21)9-6-20(7-9)15-18-11-3-2-10(16)4-12(11)23-15/h2-5,9H,6-7H2,1H3,(H,17,19,21). The topological polar surface area (TPSA) is 58.1 Å². The second-order valence-corrected chi connectivity index (χ2v) is 7.72. The van der Waals surface area contributed by atoms with Crippen molar-refractivity contribution in [2.24, 2.45) is 5.92 Å². The van der Waals surface area contributed by atoms with E-state index >= 15 is 0 Å². The molecule has 1 fully saturated rings. The van der Waals surface area contributed by atoms with Crippen LogP contribution in [0.2, 0.25) is 0 Å². The molecule has 1 saturated heterocycles. The zero-order valence-corrected chi connectivity index (χ0v) is 13.9. The molecule has 1 aliphatic rings. The van der Waals surface area contributed by atoms with Crippen molar-refractivity contribution >= 4 is 49.1 Å². The van der Waals surface area contributed by atoms with Crippen molar-refractivity contribution in [2.45, 2.75) is 6.92 Å². The number of halogens is 1. The average Bonchev–Trinajstić information content (AvgIpc) is 3.03. The van der Waals surface area contributed by atoms with Gasteiger partial charge in [0.15, 0.2) is 10.3 Å². The normalized spacial score (nSPS) is 15.0. The van der Waals surface area contributed by atoms with Crippen LogP contribution in [-0.4, -0.2) is 29.0 Å². The van der Waals surface area contributed by atoms with Crippen LogP contribution in [-0.2, 0) is 4.79 Å². The first-order valence-corrected chi connectivity index (χ1v) is 8.76. The van der Waals surface area contributed by atoms with Crippen molar-refractivity contribution in [1.29, 1.82) is 0 Å². The molecule has 1 amide bonds. The van der Waals surface area contributed by atoms with Gasteiger partial charge in [0.25, 0.3) is 0 Å². The maximum Gasteiger partial charge on any atom is 0.232 e. The lowest BCUT2D eigenvalue weighted by molar-refractivity contribution is -0.120. The highest BCUT2D eigenvalue weighted by Gasteiger charge is 2.34. The summed E-state index contributed by atoms with van der Waals surface area (Å²) in [4.78, 5) is 23.9. The van der Waals surface area contributed by atoms with Gasteiger partial charge in [-0.3, -0.25) is 4.79 Å². The number of hydrogen-bond donors (Lipinski definition) is 1. The number of anilines is 2. The van der Waals surface area contributed by atoms with Gasteiger partial charge in [0.2, 0.25) is 5.91 Å². The summed E-state index contributed by atoms with van der Waals surface area (Å²) in [6, 6.07) is 4.58. The molecule has 0 saturated carbocycles. The number of amides is 1. The maximum absolute atomic E-state index is 13.2. The summed E-state index contributed by atoms with van der Waals surface area (Å²) in [6.07, 6.45) is 1.74. The summed E-state index contributed by atoms with van der Waals surface area (Å²) in [5.74, 6) is -0.335. The molecule has 1 aromatic carbocycles. The van der Waals surface area contributed by atoms with Gasteiger partial charge in [-0.1, -0.05) is 11.3 Å². The Morgan fingerprint density at radius 2 is 2.22 bits per heavy atom. The molecule has 0 aliphatic carbocycles. The second kappa shape index (κ2) is 5.54. The molecule has 0 unspecified atom stereocenters. The molecule has 0 bridgehead atoms. The lowest BCUT2D eigenvalue weighted by Crippen LogP contribution is -2.52. The van der Waals surface area contributed by atoms with Gasteiger partial charge in [0.1, 0.15) is 5.82 Å². The Bertz CT molecular complexity index is 885. The first-order chi connectivity index (χ1) is 11.1. The minimum absolute atomic E-state index is 0.0113. The van der Waals surface area contributed by atoms with Crippen LogP contribution >= 0.6 is 22.7 Å². The molecule has 8 heteroatoms. The molecule has 0 atom stereocenters. The van der Waals surface area contributed by atoms with E-state index in [0.29, 0.717) is 18.2 Å². The van der Waals surface area contributed by atoms with Gasteiger partial charge in [-0.2, -0.15) is 0 Å². The predicted octanol–water partition coefficient (Wildman–Crippen LogP) is 3.28. The maximum atomic E-state index is 13.2. The molecule has 4 rings (SSSR count). The number of fused-ring (bicyclic) bond motifs is 1. The van der Waals surface area contributed by atoms with Crippen molar-refractivity contribution in [3.8, 4) is 0 Å². The Balaban J connectivity index is 1.41.